The van der Waals surface area contributed by atoms with Gasteiger partial charge in [-0.2, -0.15) is 5.10 Å². The molecule has 2 aromatic carbocycles. The number of sulfonamides is 1. The molecule has 0 radical (unpaired) electrons. The molecule has 0 fully saturated rings. The number of hydrogen-bond donors (Lipinski definition) is 2. The van der Waals surface area contributed by atoms with Crippen molar-refractivity contribution in [2.24, 2.45) is 7.05 Å². The lowest BCUT2D eigenvalue weighted by Gasteiger charge is -2.10. The van der Waals surface area contributed by atoms with Crippen LogP contribution in [0.5, 0.6) is 0 Å². The van der Waals surface area contributed by atoms with Gasteiger partial charge in [-0.1, -0.05) is 23.7 Å². The van der Waals surface area contributed by atoms with E-state index < -0.39 is 15.8 Å². The summed E-state index contributed by atoms with van der Waals surface area (Å²) < 4.78 is 43.4. The maximum Gasteiger partial charge on any atom is 0.263 e. The molecule has 31 heavy (non-hydrogen) atoms. The Bertz CT molecular complexity index is 1320. The Labute approximate surface area is 187 Å². The van der Waals surface area contributed by atoms with Crippen LogP contribution in [0.3, 0.4) is 0 Å². The van der Waals surface area contributed by atoms with Gasteiger partial charge in [-0.15, -0.1) is 11.3 Å². The Kier molecular flexibility index (Phi) is 5.94. The Hall–Kier alpha value is -2.95. The van der Waals surface area contributed by atoms with Crippen LogP contribution in [-0.2, 0) is 23.5 Å². The molecule has 0 saturated heterocycles. The lowest BCUT2D eigenvalue weighted by molar-refractivity contribution is 0.596. The van der Waals surface area contributed by atoms with Crippen LogP contribution in [0.2, 0.25) is 5.02 Å². The van der Waals surface area contributed by atoms with Gasteiger partial charge in [0, 0.05) is 36.1 Å². The van der Waals surface area contributed by atoms with E-state index in [4.69, 9.17) is 11.6 Å². The second kappa shape index (κ2) is 8.66. The van der Waals surface area contributed by atoms with E-state index in [9.17, 15) is 12.8 Å². The number of nitrogens with zero attached hydrogens (tertiary/aromatic N) is 3. The summed E-state index contributed by atoms with van der Waals surface area (Å²) in [6, 6.07) is 12.9. The first-order chi connectivity index (χ1) is 14.8. The number of aromatic nitrogens is 3. The average molecular weight is 478 g/mol. The number of anilines is 3. The summed E-state index contributed by atoms with van der Waals surface area (Å²) in [6.07, 6.45) is 2.04. The largest absolute Gasteiger partial charge is 0.338 e. The number of rotatable bonds is 7. The van der Waals surface area contributed by atoms with Crippen LogP contribution >= 0.6 is 22.9 Å². The molecular weight excluding hydrogens is 461 g/mol. The van der Waals surface area contributed by atoms with Crippen molar-refractivity contribution >= 4 is 49.6 Å². The van der Waals surface area contributed by atoms with Crippen molar-refractivity contribution in [2.75, 3.05) is 10.0 Å². The van der Waals surface area contributed by atoms with Crippen LogP contribution in [0.25, 0.3) is 0 Å². The summed E-state index contributed by atoms with van der Waals surface area (Å²) in [7, 11) is -2.20. The fourth-order valence-electron chi connectivity index (χ4n) is 2.94. The number of halogens is 2. The highest BCUT2D eigenvalue weighted by atomic mass is 35.5. The molecule has 0 bridgehead atoms. The Balaban J connectivity index is 1.51. The fourth-order valence-corrected chi connectivity index (χ4v) is 4.95. The Morgan fingerprint density at radius 3 is 2.74 bits per heavy atom. The van der Waals surface area contributed by atoms with Gasteiger partial charge in [-0.25, -0.2) is 17.8 Å². The predicted octanol–water partition coefficient (Wildman–Crippen LogP) is 4.80. The molecule has 2 heterocycles. The molecule has 7 nitrogen and oxygen atoms in total. The molecule has 160 valence electrons. The molecule has 0 unspecified atom stereocenters. The standard InChI is InChI=1S/C20H17ClFN5O2S2/c1-27-19(11-15(25-27)10-13-3-2-4-14(21)9-13)24-18-6-5-16(12-17(18)22)31(28,29)26-20-23-7-8-30-20/h2-9,11-12,24H,10H2,1H3,(H,23,26). The third kappa shape index (κ3) is 5.04. The van der Waals surface area contributed by atoms with Crippen LogP contribution < -0.4 is 10.0 Å². The van der Waals surface area contributed by atoms with Crippen molar-refractivity contribution in [3.8, 4) is 0 Å². The Morgan fingerprint density at radius 2 is 2.03 bits per heavy atom. The molecule has 0 amide bonds. The first-order valence-electron chi connectivity index (χ1n) is 9.06. The number of thiazole rings is 1. The van der Waals surface area contributed by atoms with E-state index in [1.54, 1.807) is 29.2 Å². The third-order valence-electron chi connectivity index (χ3n) is 4.37. The molecule has 0 atom stereocenters. The van der Waals surface area contributed by atoms with Gasteiger partial charge in [0.2, 0.25) is 0 Å². The van der Waals surface area contributed by atoms with E-state index in [-0.39, 0.29) is 15.7 Å². The first kappa shape index (κ1) is 21.3. The second-order valence-electron chi connectivity index (χ2n) is 6.66. The molecule has 2 aromatic heterocycles. The molecule has 11 heteroatoms. The topological polar surface area (TPSA) is 88.9 Å². The van der Waals surface area contributed by atoms with E-state index in [2.05, 4.69) is 20.1 Å². The average Bonchev–Trinajstić information content (AvgIpc) is 3.32. The van der Waals surface area contributed by atoms with Crippen LogP contribution in [0.15, 0.2) is 65.0 Å². The van der Waals surface area contributed by atoms with Crippen molar-refractivity contribution in [1.82, 2.24) is 14.8 Å². The van der Waals surface area contributed by atoms with Crippen molar-refractivity contribution in [2.45, 2.75) is 11.3 Å². The second-order valence-corrected chi connectivity index (χ2v) is 9.67. The van der Waals surface area contributed by atoms with Gasteiger partial charge in [-0.05, 0) is 35.9 Å². The van der Waals surface area contributed by atoms with Crippen molar-refractivity contribution < 1.29 is 12.8 Å². The van der Waals surface area contributed by atoms with Gasteiger partial charge in [0.25, 0.3) is 10.0 Å². The maximum atomic E-state index is 14.7. The molecule has 0 saturated carbocycles. The zero-order valence-corrected chi connectivity index (χ0v) is 18.6. The fraction of sp³-hybridized carbons (Fsp3) is 0.100. The molecule has 4 aromatic rings. The summed E-state index contributed by atoms with van der Waals surface area (Å²) in [5.41, 5.74) is 1.91. The predicted molar refractivity (Wildman–Crippen MR) is 120 cm³/mol. The van der Waals surface area contributed by atoms with E-state index in [1.807, 2.05) is 18.2 Å². The number of aryl methyl sites for hydroxylation is 1. The SMILES string of the molecule is Cn1nc(Cc2cccc(Cl)c2)cc1Nc1ccc(S(=O)(=O)Nc2nccs2)cc1F. The minimum atomic E-state index is -3.94. The smallest absolute Gasteiger partial charge is 0.263 e. The number of benzene rings is 2. The van der Waals surface area contributed by atoms with Gasteiger partial charge < -0.3 is 5.32 Å². The van der Waals surface area contributed by atoms with Crippen molar-refractivity contribution in [3.63, 3.8) is 0 Å². The van der Waals surface area contributed by atoms with Gasteiger partial charge in [0.15, 0.2) is 5.13 Å². The lowest BCUT2D eigenvalue weighted by Crippen LogP contribution is -2.13. The van der Waals surface area contributed by atoms with Gasteiger partial charge >= 0.3 is 0 Å². The summed E-state index contributed by atoms with van der Waals surface area (Å²) in [5.74, 6) is -0.146. The van der Waals surface area contributed by atoms with Crippen LogP contribution in [-0.4, -0.2) is 23.2 Å². The molecule has 0 aliphatic heterocycles. The molecule has 4 rings (SSSR count). The van der Waals surface area contributed by atoms with Crippen LogP contribution in [0.4, 0.5) is 21.0 Å². The summed E-state index contributed by atoms with van der Waals surface area (Å²) in [5, 5.41) is 9.89. The normalized spacial score (nSPS) is 11.5. The summed E-state index contributed by atoms with van der Waals surface area (Å²) in [4.78, 5) is 3.68. The highest BCUT2D eigenvalue weighted by Gasteiger charge is 2.18. The molecular formula is C20H17ClFN5O2S2. The molecule has 0 aliphatic carbocycles. The quantitative estimate of drug-likeness (QED) is 0.399. The van der Waals surface area contributed by atoms with Crippen LogP contribution in [0.1, 0.15) is 11.3 Å². The van der Waals surface area contributed by atoms with Crippen molar-refractivity contribution in [1.29, 1.82) is 0 Å². The molecule has 0 aliphatic rings. The van der Waals surface area contributed by atoms with E-state index in [0.717, 1.165) is 28.7 Å². The minimum Gasteiger partial charge on any atom is -0.338 e. The first-order valence-corrected chi connectivity index (χ1v) is 11.8. The number of hydrogen-bond acceptors (Lipinski definition) is 6. The zero-order chi connectivity index (χ0) is 22.0. The van der Waals surface area contributed by atoms with Crippen LogP contribution in [0, 0.1) is 5.82 Å². The highest BCUT2D eigenvalue weighted by molar-refractivity contribution is 7.93. The van der Waals surface area contributed by atoms with E-state index >= 15 is 0 Å². The molecule has 2 N–H and O–H groups in total. The van der Waals surface area contributed by atoms with Gasteiger partial charge in [0.05, 0.1) is 16.3 Å². The minimum absolute atomic E-state index is 0.130. The van der Waals surface area contributed by atoms with Gasteiger partial charge in [0.1, 0.15) is 11.6 Å². The summed E-state index contributed by atoms with van der Waals surface area (Å²) >= 11 is 7.16. The highest BCUT2D eigenvalue weighted by Crippen LogP contribution is 2.25. The zero-order valence-electron chi connectivity index (χ0n) is 16.2. The lowest BCUT2D eigenvalue weighted by atomic mass is 10.1. The van der Waals surface area contributed by atoms with E-state index in [0.29, 0.717) is 17.3 Å². The van der Waals surface area contributed by atoms with Gasteiger partial charge in [-0.3, -0.25) is 9.40 Å². The monoisotopic (exact) mass is 477 g/mol. The van der Waals surface area contributed by atoms with Crippen molar-refractivity contribution in [3.05, 3.63) is 82.2 Å². The van der Waals surface area contributed by atoms with E-state index in [1.165, 1.54) is 18.3 Å². The maximum absolute atomic E-state index is 14.7. The Morgan fingerprint density at radius 1 is 1.19 bits per heavy atom. The third-order valence-corrected chi connectivity index (χ3v) is 6.76. The summed E-state index contributed by atoms with van der Waals surface area (Å²) in [6.45, 7) is 0. The molecule has 0 spiro atoms. The number of nitrogens with one attached hydrogen (secondary N) is 2.